The van der Waals surface area contributed by atoms with Crippen LogP contribution in [0.4, 0.5) is 4.79 Å². The van der Waals surface area contributed by atoms with Gasteiger partial charge in [0.1, 0.15) is 0 Å². The lowest BCUT2D eigenvalue weighted by Crippen LogP contribution is -2.63. The number of carbonyl (C=O) groups is 2. The molecule has 4 aliphatic rings. The lowest BCUT2D eigenvalue weighted by atomic mass is 9.79. The number of thioether (sulfide) groups is 1. The lowest BCUT2D eigenvalue weighted by molar-refractivity contribution is -0.163. The number of amides is 1. The van der Waals surface area contributed by atoms with E-state index >= 15 is 0 Å². The minimum absolute atomic E-state index is 0.0465. The second-order valence-electron chi connectivity index (χ2n) is 8.47. The Hall–Kier alpha value is -1.29. The van der Waals surface area contributed by atoms with Gasteiger partial charge in [0.25, 0.3) is 0 Å². The van der Waals surface area contributed by atoms with Crippen molar-refractivity contribution in [1.82, 2.24) is 15.5 Å². The van der Waals surface area contributed by atoms with Crippen LogP contribution in [0.25, 0.3) is 0 Å². The monoisotopic (exact) mass is 411 g/mol. The number of carboxylic acid groups (broad SMARTS) is 1. The maximum Gasteiger partial charge on any atom is 0.512 e. The molecule has 156 valence electrons. The summed E-state index contributed by atoms with van der Waals surface area (Å²) >= 11 is 1.64. The van der Waals surface area contributed by atoms with Gasteiger partial charge in [0.15, 0.2) is 0 Å². The second kappa shape index (κ2) is 7.85. The number of nitrogens with one attached hydrogen (secondary N) is 2. The van der Waals surface area contributed by atoms with Crippen LogP contribution in [0.3, 0.4) is 0 Å². The van der Waals surface area contributed by atoms with Gasteiger partial charge in [0.2, 0.25) is 11.8 Å². The maximum absolute atomic E-state index is 12.5. The molecule has 0 spiro atoms. The van der Waals surface area contributed by atoms with E-state index in [0.29, 0.717) is 11.3 Å². The van der Waals surface area contributed by atoms with E-state index in [4.69, 9.17) is 9.84 Å². The summed E-state index contributed by atoms with van der Waals surface area (Å²) in [4.78, 5) is 26.0. The summed E-state index contributed by atoms with van der Waals surface area (Å²) in [5, 5.41) is 26.5. The number of hydrogen-bond acceptors (Lipinski definition) is 7. The highest BCUT2D eigenvalue weighted by Gasteiger charge is 2.60. The first-order chi connectivity index (χ1) is 13.4. The quantitative estimate of drug-likeness (QED) is 0.381. The van der Waals surface area contributed by atoms with Crippen LogP contribution in [-0.2, 0) is 9.53 Å². The third kappa shape index (κ3) is 3.53. The highest BCUT2D eigenvalue weighted by molar-refractivity contribution is 8.03. The van der Waals surface area contributed by atoms with Crippen molar-refractivity contribution in [2.45, 2.75) is 56.5 Å². The summed E-state index contributed by atoms with van der Waals surface area (Å²) in [6, 6.07) is 0.256. The average molecular weight is 412 g/mol. The molecule has 0 saturated carbocycles. The molecule has 0 radical (unpaired) electrons. The van der Waals surface area contributed by atoms with Crippen molar-refractivity contribution in [2.75, 3.05) is 19.6 Å². The fourth-order valence-electron chi connectivity index (χ4n) is 5.15. The van der Waals surface area contributed by atoms with Crippen LogP contribution in [0.2, 0.25) is 0 Å². The van der Waals surface area contributed by atoms with E-state index in [1.807, 2.05) is 6.92 Å². The van der Waals surface area contributed by atoms with Crippen molar-refractivity contribution < 1.29 is 24.5 Å². The third-order valence-corrected chi connectivity index (χ3v) is 8.00. The Morgan fingerprint density at radius 2 is 2.21 bits per heavy atom. The third-order valence-electron chi connectivity index (χ3n) is 6.50. The van der Waals surface area contributed by atoms with Crippen LogP contribution in [-0.4, -0.2) is 70.2 Å². The number of carbonyl (C=O) groups excluding carboxylic acids is 1. The van der Waals surface area contributed by atoms with E-state index in [-0.39, 0.29) is 23.8 Å². The highest BCUT2D eigenvalue weighted by Crippen LogP contribution is 2.52. The number of ether oxygens (including phenoxy) is 1. The highest BCUT2D eigenvalue weighted by atomic mass is 32.2. The molecular weight excluding hydrogens is 382 g/mol. The van der Waals surface area contributed by atoms with Crippen LogP contribution in [0.15, 0.2) is 10.8 Å². The Labute approximate surface area is 169 Å². The summed E-state index contributed by atoms with van der Waals surface area (Å²) < 4.78 is 5.04. The van der Waals surface area contributed by atoms with Crippen molar-refractivity contribution >= 4 is 23.8 Å². The number of β-lactam (4-membered cyclic amide) rings is 1. The molecule has 3 fully saturated rings. The fourth-order valence-corrected chi connectivity index (χ4v) is 6.61. The molecule has 8 nitrogen and oxygen atoms in total. The molecule has 4 rings (SSSR count). The van der Waals surface area contributed by atoms with E-state index in [9.17, 15) is 14.7 Å². The van der Waals surface area contributed by atoms with Crippen LogP contribution in [0, 0.1) is 17.8 Å². The zero-order valence-corrected chi connectivity index (χ0v) is 17.1. The molecule has 1 unspecified atom stereocenters. The first kappa shape index (κ1) is 20.0. The van der Waals surface area contributed by atoms with E-state index < -0.39 is 18.2 Å². The van der Waals surface area contributed by atoms with E-state index in [1.165, 1.54) is 11.3 Å². The van der Waals surface area contributed by atoms with Crippen LogP contribution >= 0.6 is 11.8 Å². The predicted molar refractivity (Wildman–Crippen MR) is 104 cm³/mol. The van der Waals surface area contributed by atoms with E-state index in [0.717, 1.165) is 43.3 Å². The van der Waals surface area contributed by atoms with Crippen molar-refractivity contribution in [3.63, 3.8) is 0 Å². The first-order valence-corrected chi connectivity index (χ1v) is 11.0. The average Bonchev–Trinajstić information content (AvgIpc) is 3.31. The van der Waals surface area contributed by atoms with Gasteiger partial charge in [0.05, 0.1) is 23.0 Å². The smallest absolute Gasteiger partial charge is 0.449 e. The zero-order valence-electron chi connectivity index (χ0n) is 16.3. The summed E-state index contributed by atoms with van der Waals surface area (Å²) in [5.74, 6) is 0.0814. The van der Waals surface area contributed by atoms with Crippen molar-refractivity contribution in [1.29, 1.82) is 0 Å². The maximum atomic E-state index is 12.5. The van der Waals surface area contributed by atoms with Gasteiger partial charge in [-0.25, -0.2) is 4.79 Å². The van der Waals surface area contributed by atoms with Gasteiger partial charge in [-0.05, 0) is 45.2 Å². The minimum Gasteiger partial charge on any atom is -0.449 e. The molecule has 1 amide bonds. The zero-order chi connectivity index (χ0) is 20.0. The van der Waals surface area contributed by atoms with E-state index in [2.05, 4.69) is 10.6 Å². The molecule has 9 heteroatoms. The Balaban J connectivity index is 1.45. The molecule has 3 saturated heterocycles. The SMILES string of the molecule is C[C@@H](O)[C@H]1C(=O)N2C(OC(=O)O)=C(S[C@@H]3CN[C@H](CC4CCNC4)C3)[C@H](C)[C@H]12. The van der Waals surface area contributed by atoms with E-state index in [1.54, 1.807) is 18.7 Å². The molecule has 0 aliphatic carbocycles. The van der Waals surface area contributed by atoms with Gasteiger partial charge in [0, 0.05) is 23.8 Å². The first-order valence-electron chi connectivity index (χ1n) is 10.1. The summed E-state index contributed by atoms with van der Waals surface area (Å²) in [6.45, 7) is 6.66. The summed E-state index contributed by atoms with van der Waals surface area (Å²) in [7, 11) is 0. The number of hydrogen-bond donors (Lipinski definition) is 4. The normalized spacial score (nSPS) is 38.5. The molecule has 4 heterocycles. The largest absolute Gasteiger partial charge is 0.512 e. The molecule has 7 atom stereocenters. The van der Waals surface area contributed by atoms with Crippen LogP contribution in [0.1, 0.15) is 33.1 Å². The molecule has 28 heavy (non-hydrogen) atoms. The van der Waals surface area contributed by atoms with Crippen LogP contribution < -0.4 is 10.6 Å². The second-order valence-corrected chi connectivity index (χ2v) is 9.81. The van der Waals surface area contributed by atoms with Gasteiger partial charge < -0.3 is 25.6 Å². The molecular formula is C19H29N3O5S. The Morgan fingerprint density at radius 1 is 1.43 bits per heavy atom. The summed E-state index contributed by atoms with van der Waals surface area (Å²) in [6.07, 6.45) is 1.24. The Bertz CT molecular complexity index is 678. The van der Waals surface area contributed by atoms with Gasteiger partial charge in [-0.1, -0.05) is 6.92 Å². The molecule has 0 aromatic heterocycles. The van der Waals surface area contributed by atoms with Gasteiger partial charge in [-0.3, -0.25) is 9.69 Å². The number of nitrogens with zero attached hydrogens (tertiary/aromatic N) is 1. The van der Waals surface area contributed by atoms with Gasteiger partial charge >= 0.3 is 6.16 Å². The Morgan fingerprint density at radius 3 is 2.86 bits per heavy atom. The number of aliphatic hydroxyl groups is 1. The summed E-state index contributed by atoms with van der Waals surface area (Å²) in [5.41, 5.74) is 0. The molecule has 0 aromatic carbocycles. The molecule has 0 aromatic rings. The van der Waals surface area contributed by atoms with Gasteiger partial charge in [-0.15, -0.1) is 11.8 Å². The van der Waals surface area contributed by atoms with Crippen molar-refractivity contribution in [3.8, 4) is 0 Å². The number of rotatable bonds is 6. The molecule has 4 N–H and O–H groups in total. The molecule has 4 aliphatic heterocycles. The standard InChI is InChI=1S/C19H29N3O5S/c1-9-15-14(10(2)23)17(24)22(15)18(27-19(25)26)16(9)28-13-6-12(21-8-13)5-11-3-4-20-7-11/h9-15,20-21,23H,3-8H2,1-2H3,(H,25,26)/t9-,10-,11?,12-,13+,14-,15-/m1/s1. The molecule has 0 bridgehead atoms. The topological polar surface area (TPSA) is 111 Å². The van der Waals surface area contributed by atoms with Crippen molar-refractivity contribution in [2.24, 2.45) is 17.8 Å². The minimum atomic E-state index is -1.41. The number of fused-ring (bicyclic) bond motifs is 1. The van der Waals surface area contributed by atoms with Crippen LogP contribution in [0.5, 0.6) is 0 Å². The lowest BCUT2D eigenvalue weighted by Gasteiger charge is -2.45. The van der Waals surface area contributed by atoms with Gasteiger partial charge in [-0.2, -0.15) is 0 Å². The predicted octanol–water partition coefficient (Wildman–Crippen LogP) is 1.17. The van der Waals surface area contributed by atoms with Crippen molar-refractivity contribution in [3.05, 3.63) is 10.8 Å². The number of aliphatic hydroxyl groups excluding tert-OH is 1. The fraction of sp³-hybridized carbons (Fsp3) is 0.789. The Kier molecular flexibility index (Phi) is 5.61.